The predicted molar refractivity (Wildman–Crippen MR) is 111 cm³/mol. The van der Waals surface area contributed by atoms with Gasteiger partial charge in [-0.25, -0.2) is 8.42 Å². The van der Waals surface area contributed by atoms with Gasteiger partial charge >= 0.3 is 0 Å². The molecule has 1 fully saturated rings. The molecular weight excluding hydrogens is 392 g/mol. The van der Waals surface area contributed by atoms with Crippen LogP contribution in [0.25, 0.3) is 0 Å². The van der Waals surface area contributed by atoms with E-state index in [1.165, 1.54) is 23.5 Å². The number of piperidine rings is 1. The molecule has 0 saturated carbocycles. The van der Waals surface area contributed by atoms with E-state index in [-0.39, 0.29) is 10.8 Å². The highest BCUT2D eigenvalue weighted by Gasteiger charge is 2.26. The Balaban J connectivity index is 1.63. The molecule has 1 aliphatic heterocycles. The number of amides is 1. The summed E-state index contributed by atoms with van der Waals surface area (Å²) >= 11 is 0. The molecule has 1 atom stereocenters. The second-order valence-electron chi connectivity index (χ2n) is 6.89. The number of carbonyl (C=O) groups is 1. The number of para-hydroxylation sites is 2. The minimum atomic E-state index is -3.49. The van der Waals surface area contributed by atoms with E-state index in [1.54, 1.807) is 37.3 Å². The maximum Gasteiger partial charge on any atom is 0.265 e. The van der Waals surface area contributed by atoms with E-state index >= 15 is 0 Å². The number of carbonyl (C=O) groups excluding carboxylic acids is 1. The maximum absolute atomic E-state index is 12.7. The third kappa shape index (κ3) is 5.07. The molecule has 29 heavy (non-hydrogen) atoms. The van der Waals surface area contributed by atoms with Crippen LogP contribution >= 0.6 is 0 Å². The second kappa shape index (κ2) is 9.28. The monoisotopic (exact) mass is 418 g/mol. The quantitative estimate of drug-likeness (QED) is 0.746. The summed E-state index contributed by atoms with van der Waals surface area (Å²) in [6, 6.07) is 13.3. The zero-order chi connectivity index (χ0) is 20.9. The van der Waals surface area contributed by atoms with Crippen LogP contribution in [-0.2, 0) is 14.8 Å². The van der Waals surface area contributed by atoms with Crippen molar-refractivity contribution in [1.82, 2.24) is 4.31 Å². The van der Waals surface area contributed by atoms with Crippen LogP contribution in [0.5, 0.6) is 11.5 Å². The van der Waals surface area contributed by atoms with Crippen LogP contribution in [-0.4, -0.2) is 44.9 Å². The number of nitrogens with one attached hydrogen (secondary N) is 1. The molecule has 156 valence electrons. The van der Waals surface area contributed by atoms with E-state index in [2.05, 4.69) is 5.32 Å². The summed E-state index contributed by atoms with van der Waals surface area (Å²) in [6.07, 6.45) is 2.07. The van der Waals surface area contributed by atoms with Crippen molar-refractivity contribution in [2.75, 3.05) is 25.5 Å². The van der Waals surface area contributed by atoms with Crippen molar-refractivity contribution in [2.24, 2.45) is 0 Å². The summed E-state index contributed by atoms with van der Waals surface area (Å²) in [6.45, 7) is 2.74. The normalized spacial score (nSPS) is 16.1. The zero-order valence-electron chi connectivity index (χ0n) is 16.6. The van der Waals surface area contributed by atoms with Crippen LogP contribution in [0, 0.1) is 0 Å². The van der Waals surface area contributed by atoms with Gasteiger partial charge in [0.25, 0.3) is 5.91 Å². The van der Waals surface area contributed by atoms with Crippen LogP contribution in [0.1, 0.15) is 26.2 Å². The number of rotatable bonds is 7. The standard InChI is InChI=1S/C21H26N2O5S/c1-16(28-20-9-5-4-8-19(20)27-2)21(24)22-17-10-12-18(13-11-17)29(25,26)23-14-6-3-7-15-23/h4-5,8-13,16H,3,6-7,14-15H2,1-2H3,(H,22,24)/t16-/m1/s1. The molecule has 3 rings (SSSR count). The SMILES string of the molecule is COc1ccccc1O[C@H](C)C(=O)Nc1ccc(S(=O)(=O)N2CCCCC2)cc1. The summed E-state index contributed by atoms with van der Waals surface area (Å²) in [5, 5.41) is 2.74. The number of nitrogens with zero attached hydrogens (tertiary/aromatic N) is 1. The first-order valence-electron chi connectivity index (χ1n) is 9.62. The van der Waals surface area contributed by atoms with Crippen molar-refractivity contribution in [3.63, 3.8) is 0 Å². The maximum atomic E-state index is 12.7. The lowest BCUT2D eigenvalue weighted by Crippen LogP contribution is -2.35. The molecule has 0 bridgehead atoms. The largest absolute Gasteiger partial charge is 0.493 e. The molecule has 1 saturated heterocycles. The Morgan fingerprint density at radius 1 is 1.00 bits per heavy atom. The van der Waals surface area contributed by atoms with Crippen LogP contribution < -0.4 is 14.8 Å². The third-order valence-electron chi connectivity index (χ3n) is 4.82. The van der Waals surface area contributed by atoms with E-state index in [0.29, 0.717) is 30.3 Å². The van der Waals surface area contributed by atoms with E-state index in [1.807, 2.05) is 6.07 Å². The van der Waals surface area contributed by atoms with E-state index in [0.717, 1.165) is 19.3 Å². The number of hydrogen-bond donors (Lipinski definition) is 1. The molecule has 2 aromatic rings. The lowest BCUT2D eigenvalue weighted by atomic mass is 10.2. The van der Waals surface area contributed by atoms with Crippen molar-refractivity contribution < 1.29 is 22.7 Å². The van der Waals surface area contributed by atoms with Gasteiger partial charge < -0.3 is 14.8 Å². The van der Waals surface area contributed by atoms with Crippen LogP contribution in [0.15, 0.2) is 53.4 Å². The van der Waals surface area contributed by atoms with Crippen molar-refractivity contribution in [2.45, 2.75) is 37.2 Å². The molecular formula is C21H26N2O5S. The zero-order valence-corrected chi connectivity index (χ0v) is 17.4. The minimum absolute atomic E-state index is 0.232. The van der Waals surface area contributed by atoms with E-state index in [4.69, 9.17) is 9.47 Å². The summed E-state index contributed by atoms with van der Waals surface area (Å²) < 4.78 is 37.8. The highest BCUT2D eigenvalue weighted by Crippen LogP contribution is 2.27. The molecule has 0 radical (unpaired) electrons. The topological polar surface area (TPSA) is 84.9 Å². The van der Waals surface area contributed by atoms with Crippen LogP contribution in [0.3, 0.4) is 0 Å². The molecule has 1 heterocycles. The van der Waals surface area contributed by atoms with Gasteiger partial charge in [0.1, 0.15) is 0 Å². The number of methoxy groups -OCH3 is 1. The van der Waals surface area contributed by atoms with Crippen molar-refractivity contribution >= 4 is 21.6 Å². The lowest BCUT2D eigenvalue weighted by Gasteiger charge is -2.25. The van der Waals surface area contributed by atoms with Gasteiger partial charge in [-0.1, -0.05) is 18.6 Å². The molecule has 0 aromatic heterocycles. The first-order chi connectivity index (χ1) is 13.9. The smallest absolute Gasteiger partial charge is 0.265 e. The van der Waals surface area contributed by atoms with Crippen molar-refractivity contribution in [3.05, 3.63) is 48.5 Å². The van der Waals surface area contributed by atoms with Crippen molar-refractivity contribution in [3.8, 4) is 11.5 Å². The highest BCUT2D eigenvalue weighted by atomic mass is 32.2. The first-order valence-corrected chi connectivity index (χ1v) is 11.1. The molecule has 0 spiro atoms. The fourth-order valence-electron chi connectivity index (χ4n) is 3.17. The van der Waals surface area contributed by atoms with Gasteiger partial charge in [0.15, 0.2) is 17.6 Å². The van der Waals surface area contributed by atoms with Crippen molar-refractivity contribution in [1.29, 1.82) is 0 Å². The summed E-state index contributed by atoms with van der Waals surface area (Å²) in [5.74, 6) is 0.669. The van der Waals surface area contributed by atoms with Gasteiger partial charge in [-0.15, -0.1) is 0 Å². The van der Waals surface area contributed by atoms with E-state index < -0.39 is 16.1 Å². The molecule has 1 amide bonds. The van der Waals surface area contributed by atoms with Gasteiger partial charge in [-0.3, -0.25) is 4.79 Å². The summed E-state index contributed by atoms with van der Waals surface area (Å²) in [7, 11) is -1.96. The molecule has 1 aliphatic rings. The molecule has 2 aromatic carbocycles. The fraction of sp³-hybridized carbons (Fsp3) is 0.381. The number of ether oxygens (including phenoxy) is 2. The lowest BCUT2D eigenvalue weighted by molar-refractivity contribution is -0.122. The average molecular weight is 419 g/mol. The predicted octanol–water partition coefficient (Wildman–Crippen LogP) is 3.28. The second-order valence-corrected chi connectivity index (χ2v) is 8.83. The number of benzene rings is 2. The molecule has 7 nitrogen and oxygen atoms in total. The Hall–Kier alpha value is -2.58. The Bertz CT molecular complexity index is 938. The number of hydrogen-bond acceptors (Lipinski definition) is 5. The Morgan fingerprint density at radius 2 is 1.62 bits per heavy atom. The Kier molecular flexibility index (Phi) is 6.76. The van der Waals surface area contributed by atoms with Gasteiger partial charge in [0.05, 0.1) is 12.0 Å². The fourth-order valence-corrected chi connectivity index (χ4v) is 4.69. The molecule has 8 heteroatoms. The minimum Gasteiger partial charge on any atom is -0.493 e. The summed E-state index contributed by atoms with van der Waals surface area (Å²) in [4.78, 5) is 12.7. The number of anilines is 1. The van der Waals surface area contributed by atoms with Crippen LogP contribution in [0.2, 0.25) is 0 Å². The third-order valence-corrected chi connectivity index (χ3v) is 6.73. The molecule has 0 aliphatic carbocycles. The van der Waals surface area contributed by atoms with E-state index in [9.17, 15) is 13.2 Å². The summed E-state index contributed by atoms with van der Waals surface area (Å²) in [5.41, 5.74) is 0.503. The molecule has 0 unspecified atom stereocenters. The van der Waals surface area contributed by atoms with Crippen LogP contribution in [0.4, 0.5) is 5.69 Å². The highest BCUT2D eigenvalue weighted by molar-refractivity contribution is 7.89. The van der Waals surface area contributed by atoms with Gasteiger partial charge in [0, 0.05) is 18.8 Å². The van der Waals surface area contributed by atoms with Gasteiger partial charge in [-0.05, 0) is 56.2 Å². The van der Waals surface area contributed by atoms with Gasteiger partial charge in [-0.2, -0.15) is 4.31 Å². The average Bonchev–Trinajstić information content (AvgIpc) is 2.75. The Labute approximate surface area is 171 Å². The van der Waals surface area contributed by atoms with Gasteiger partial charge in [0.2, 0.25) is 10.0 Å². The number of sulfonamides is 1. The molecule has 1 N–H and O–H groups in total. The first kappa shape index (κ1) is 21.1. The Morgan fingerprint density at radius 3 is 2.24 bits per heavy atom.